The maximum absolute atomic E-state index is 12.3. The van der Waals surface area contributed by atoms with Crippen LogP contribution >= 0.6 is 11.6 Å². The van der Waals surface area contributed by atoms with E-state index in [9.17, 15) is 4.79 Å². The highest BCUT2D eigenvalue weighted by atomic mass is 35.5. The molecule has 0 aliphatic carbocycles. The van der Waals surface area contributed by atoms with E-state index in [-0.39, 0.29) is 5.91 Å². The van der Waals surface area contributed by atoms with E-state index in [0.717, 1.165) is 22.6 Å². The third-order valence-electron chi connectivity index (χ3n) is 3.10. The minimum Gasteiger partial charge on any atom is -0.494 e. The number of hydrogen-bond acceptors (Lipinski definition) is 2. The van der Waals surface area contributed by atoms with Crippen LogP contribution in [-0.4, -0.2) is 12.5 Å². The summed E-state index contributed by atoms with van der Waals surface area (Å²) in [5.74, 6) is 1.05. The zero-order chi connectivity index (χ0) is 15.2. The number of hydrogen-bond donors (Lipinski definition) is 1. The lowest BCUT2D eigenvalue weighted by atomic mass is 10.1. The van der Waals surface area contributed by atoms with Crippen molar-refractivity contribution in [2.45, 2.75) is 19.7 Å². The second-order valence-corrected chi connectivity index (χ2v) is 4.97. The van der Waals surface area contributed by atoms with Crippen molar-refractivity contribution in [1.29, 1.82) is 0 Å². The molecule has 0 bridgehead atoms. The Bertz CT molecular complexity index is 640. The number of ether oxygens (including phenoxy) is 1. The first-order valence-electron chi connectivity index (χ1n) is 6.83. The average molecular weight is 304 g/mol. The van der Waals surface area contributed by atoms with Gasteiger partial charge in [-0.1, -0.05) is 12.1 Å². The number of carbonyl (C=O) groups excluding carboxylic acids is 1. The van der Waals surface area contributed by atoms with Gasteiger partial charge in [0.25, 0.3) is 5.91 Å². The maximum atomic E-state index is 12.3. The van der Waals surface area contributed by atoms with Gasteiger partial charge in [-0.2, -0.15) is 0 Å². The van der Waals surface area contributed by atoms with Gasteiger partial charge in [0, 0.05) is 17.1 Å². The predicted molar refractivity (Wildman–Crippen MR) is 86.3 cm³/mol. The molecule has 0 saturated heterocycles. The summed E-state index contributed by atoms with van der Waals surface area (Å²) >= 11 is 5.79. The lowest BCUT2D eigenvalue weighted by Crippen LogP contribution is -2.13. The zero-order valence-corrected chi connectivity index (χ0v) is 12.9. The summed E-state index contributed by atoms with van der Waals surface area (Å²) < 4.78 is 5.43. The van der Waals surface area contributed by atoms with Gasteiger partial charge in [-0.15, -0.1) is 11.6 Å². The minimum atomic E-state index is -0.144. The van der Waals surface area contributed by atoms with Gasteiger partial charge in [0.15, 0.2) is 0 Å². The summed E-state index contributed by atoms with van der Waals surface area (Å²) in [7, 11) is 0. The fourth-order valence-corrected chi connectivity index (χ4v) is 2.19. The molecular weight excluding hydrogens is 286 g/mol. The minimum absolute atomic E-state index is 0.144. The molecule has 0 spiro atoms. The summed E-state index contributed by atoms with van der Waals surface area (Å²) in [5.41, 5.74) is 3.26. The van der Waals surface area contributed by atoms with Crippen LogP contribution in [0.25, 0.3) is 0 Å². The van der Waals surface area contributed by atoms with Gasteiger partial charge in [-0.3, -0.25) is 4.79 Å². The first-order valence-corrected chi connectivity index (χ1v) is 7.37. The van der Waals surface area contributed by atoms with Crippen LogP contribution in [0.4, 0.5) is 5.69 Å². The molecule has 2 aromatic carbocycles. The van der Waals surface area contributed by atoms with Crippen LogP contribution in [-0.2, 0) is 5.88 Å². The Hall–Kier alpha value is -2.00. The number of benzene rings is 2. The number of alkyl halides is 1. The summed E-state index contributed by atoms with van der Waals surface area (Å²) in [6, 6.07) is 12.9. The molecule has 0 aliphatic heterocycles. The molecule has 0 fully saturated rings. The van der Waals surface area contributed by atoms with Crippen molar-refractivity contribution in [3.8, 4) is 5.75 Å². The number of nitrogens with one attached hydrogen (secondary N) is 1. The molecule has 4 heteroatoms. The maximum Gasteiger partial charge on any atom is 0.255 e. The Morgan fingerprint density at radius 1 is 1.24 bits per heavy atom. The monoisotopic (exact) mass is 303 g/mol. The van der Waals surface area contributed by atoms with Gasteiger partial charge in [0.2, 0.25) is 0 Å². The van der Waals surface area contributed by atoms with Gasteiger partial charge < -0.3 is 10.1 Å². The number of anilines is 1. The van der Waals surface area contributed by atoms with Gasteiger partial charge >= 0.3 is 0 Å². The zero-order valence-electron chi connectivity index (χ0n) is 12.2. The fraction of sp³-hybridized carbons (Fsp3) is 0.235. The predicted octanol–water partition coefficient (Wildman–Crippen LogP) is 4.38. The van der Waals surface area contributed by atoms with Crippen LogP contribution in [0, 0.1) is 6.92 Å². The SMILES string of the molecule is CCOc1ccc(NC(=O)c2cccc(CCl)c2)c(C)c1. The molecule has 0 radical (unpaired) electrons. The molecule has 1 amide bonds. The lowest BCUT2D eigenvalue weighted by molar-refractivity contribution is 0.102. The largest absolute Gasteiger partial charge is 0.494 e. The van der Waals surface area contributed by atoms with Gasteiger partial charge in [0.05, 0.1) is 6.61 Å². The smallest absolute Gasteiger partial charge is 0.255 e. The van der Waals surface area contributed by atoms with Crippen LogP contribution < -0.4 is 10.1 Å². The highest BCUT2D eigenvalue weighted by Gasteiger charge is 2.09. The van der Waals surface area contributed by atoms with E-state index < -0.39 is 0 Å². The highest BCUT2D eigenvalue weighted by Crippen LogP contribution is 2.22. The van der Waals surface area contributed by atoms with Crippen molar-refractivity contribution in [3.05, 3.63) is 59.2 Å². The van der Waals surface area contributed by atoms with Crippen LogP contribution in [0.3, 0.4) is 0 Å². The molecule has 0 heterocycles. The standard InChI is InChI=1S/C17H18ClNO2/c1-3-21-15-7-8-16(12(2)9-15)19-17(20)14-6-4-5-13(10-14)11-18/h4-10H,3,11H2,1-2H3,(H,19,20). The van der Waals surface area contributed by atoms with Crippen molar-refractivity contribution >= 4 is 23.2 Å². The van der Waals surface area contributed by atoms with Gasteiger partial charge in [-0.25, -0.2) is 0 Å². The Morgan fingerprint density at radius 3 is 2.71 bits per heavy atom. The lowest BCUT2D eigenvalue weighted by Gasteiger charge is -2.11. The first-order chi connectivity index (χ1) is 10.1. The fourth-order valence-electron chi connectivity index (χ4n) is 2.02. The third kappa shape index (κ3) is 3.99. The normalized spacial score (nSPS) is 10.2. The Kier molecular flexibility index (Phi) is 5.23. The van der Waals surface area contributed by atoms with E-state index in [1.165, 1.54) is 0 Å². The highest BCUT2D eigenvalue weighted by molar-refractivity contribution is 6.17. The van der Waals surface area contributed by atoms with Crippen molar-refractivity contribution in [1.82, 2.24) is 0 Å². The van der Waals surface area contributed by atoms with Crippen molar-refractivity contribution in [3.63, 3.8) is 0 Å². The van der Waals surface area contributed by atoms with Crippen LogP contribution in [0.15, 0.2) is 42.5 Å². The molecule has 0 aliphatic rings. The Balaban J connectivity index is 2.15. The number of rotatable bonds is 5. The van der Waals surface area contributed by atoms with E-state index in [4.69, 9.17) is 16.3 Å². The van der Waals surface area contributed by atoms with Crippen molar-refractivity contribution < 1.29 is 9.53 Å². The summed E-state index contributed by atoms with van der Waals surface area (Å²) in [6.07, 6.45) is 0. The van der Waals surface area contributed by atoms with Crippen LogP contribution in [0.1, 0.15) is 28.4 Å². The number of aryl methyl sites for hydroxylation is 1. The van der Waals surface area contributed by atoms with Crippen LogP contribution in [0.2, 0.25) is 0 Å². The van der Waals surface area contributed by atoms with E-state index in [1.807, 2.05) is 44.2 Å². The summed E-state index contributed by atoms with van der Waals surface area (Å²) in [4.78, 5) is 12.3. The van der Waals surface area contributed by atoms with E-state index >= 15 is 0 Å². The molecule has 2 rings (SSSR count). The van der Waals surface area contributed by atoms with Gasteiger partial charge in [-0.05, 0) is 55.3 Å². The molecule has 0 aromatic heterocycles. The van der Waals surface area contributed by atoms with Crippen molar-refractivity contribution in [2.24, 2.45) is 0 Å². The Labute approximate surface area is 129 Å². The molecule has 0 unspecified atom stereocenters. The van der Waals surface area contributed by atoms with Gasteiger partial charge in [0.1, 0.15) is 5.75 Å². The van der Waals surface area contributed by atoms with E-state index in [1.54, 1.807) is 12.1 Å². The van der Waals surface area contributed by atoms with Crippen LogP contribution in [0.5, 0.6) is 5.75 Å². The number of amides is 1. The summed E-state index contributed by atoms with van der Waals surface area (Å²) in [6.45, 7) is 4.50. The van der Waals surface area contributed by atoms with E-state index in [2.05, 4.69) is 5.32 Å². The molecule has 0 atom stereocenters. The molecule has 1 N–H and O–H groups in total. The number of halogens is 1. The first kappa shape index (κ1) is 15.4. The second-order valence-electron chi connectivity index (χ2n) is 4.70. The Morgan fingerprint density at radius 2 is 2.05 bits per heavy atom. The topological polar surface area (TPSA) is 38.3 Å². The third-order valence-corrected chi connectivity index (χ3v) is 3.41. The molecule has 21 heavy (non-hydrogen) atoms. The quantitative estimate of drug-likeness (QED) is 0.832. The second kappa shape index (κ2) is 7.14. The summed E-state index contributed by atoms with van der Waals surface area (Å²) in [5, 5.41) is 2.91. The average Bonchev–Trinajstić information content (AvgIpc) is 2.50. The molecule has 3 nitrogen and oxygen atoms in total. The molecule has 110 valence electrons. The molecule has 0 saturated carbocycles. The molecule has 2 aromatic rings. The number of carbonyl (C=O) groups is 1. The van der Waals surface area contributed by atoms with E-state index in [0.29, 0.717) is 18.1 Å². The van der Waals surface area contributed by atoms with Crippen molar-refractivity contribution in [2.75, 3.05) is 11.9 Å². The molecular formula is C17H18ClNO2.